The molecule has 3 nitrogen and oxygen atoms in total. The predicted octanol–water partition coefficient (Wildman–Crippen LogP) is 3.51. The van der Waals surface area contributed by atoms with E-state index >= 15 is 0 Å². The Hall–Kier alpha value is -1.22. The summed E-state index contributed by atoms with van der Waals surface area (Å²) in [6.45, 7) is 7.84. The van der Waals surface area contributed by atoms with Gasteiger partial charge < -0.3 is 14.8 Å². The van der Waals surface area contributed by atoms with Crippen molar-refractivity contribution >= 4 is 0 Å². The Kier molecular flexibility index (Phi) is 5.08. The van der Waals surface area contributed by atoms with Gasteiger partial charge in [0, 0.05) is 24.2 Å². The first-order valence-corrected chi connectivity index (χ1v) is 7.34. The quantitative estimate of drug-likeness (QED) is 0.778. The van der Waals surface area contributed by atoms with E-state index in [0.29, 0.717) is 6.04 Å². The van der Waals surface area contributed by atoms with Gasteiger partial charge in [0.2, 0.25) is 0 Å². The van der Waals surface area contributed by atoms with Gasteiger partial charge in [-0.25, -0.2) is 0 Å². The molecule has 19 heavy (non-hydrogen) atoms. The molecule has 0 unspecified atom stereocenters. The summed E-state index contributed by atoms with van der Waals surface area (Å²) >= 11 is 0. The number of hydrogen-bond acceptors (Lipinski definition) is 3. The van der Waals surface area contributed by atoms with Crippen LogP contribution in [-0.4, -0.2) is 18.8 Å². The number of ether oxygens (including phenoxy) is 2. The van der Waals surface area contributed by atoms with Gasteiger partial charge in [0.15, 0.2) is 0 Å². The third-order valence-corrected chi connectivity index (χ3v) is 3.03. The summed E-state index contributed by atoms with van der Waals surface area (Å²) < 4.78 is 11.6. The van der Waals surface area contributed by atoms with Gasteiger partial charge in [-0.3, -0.25) is 0 Å². The van der Waals surface area contributed by atoms with E-state index in [1.165, 1.54) is 18.4 Å². The number of hydrogen-bond donors (Lipinski definition) is 1. The summed E-state index contributed by atoms with van der Waals surface area (Å²) in [5.41, 5.74) is 1.21. The highest BCUT2D eigenvalue weighted by molar-refractivity contribution is 5.41. The molecule has 0 bridgehead atoms. The van der Waals surface area contributed by atoms with Crippen LogP contribution in [0.2, 0.25) is 0 Å². The zero-order chi connectivity index (χ0) is 13.7. The molecule has 0 aromatic heterocycles. The van der Waals surface area contributed by atoms with Crippen molar-refractivity contribution < 1.29 is 9.47 Å². The Morgan fingerprint density at radius 2 is 2.11 bits per heavy atom. The molecular formula is C16H25NO2. The van der Waals surface area contributed by atoms with Crippen LogP contribution in [0.3, 0.4) is 0 Å². The van der Waals surface area contributed by atoms with Crippen molar-refractivity contribution in [3.05, 3.63) is 23.8 Å². The predicted molar refractivity (Wildman–Crippen MR) is 77.9 cm³/mol. The van der Waals surface area contributed by atoms with Crippen LogP contribution in [0.4, 0.5) is 0 Å². The first-order valence-electron chi connectivity index (χ1n) is 7.34. The molecule has 1 aromatic carbocycles. The molecule has 1 N–H and O–H groups in total. The van der Waals surface area contributed by atoms with Crippen molar-refractivity contribution in [2.45, 2.75) is 58.7 Å². The zero-order valence-corrected chi connectivity index (χ0v) is 12.2. The molecule has 1 fully saturated rings. The third-order valence-electron chi connectivity index (χ3n) is 3.03. The van der Waals surface area contributed by atoms with Crippen LogP contribution >= 0.6 is 0 Å². The van der Waals surface area contributed by atoms with Gasteiger partial charge in [-0.2, -0.15) is 0 Å². The molecule has 0 atom stereocenters. The highest BCUT2D eigenvalue weighted by Crippen LogP contribution is 2.27. The number of rotatable bonds is 8. The van der Waals surface area contributed by atoms with Crippen molar-refractivity contribution in [3.8, 4) is 11.5 Å². The molecule has 2 rings (SSSR count). The lowest BCUT2D eigenvalue weighted by atomic mass is 10.2. The Morgan fingerprint density at radius 3 is 2.74 bits per heavy atom. The molecule has 1 aliphatic rings. The summed E-state index contributed by atoms with van der Waals surface area (Å²) in [7, 11) is 0. The Morgan fingerprint density at radius 1 is 1.32 bits per heavy atom. The van der Waals surface area contributed by atoms with Crippen molar-refractivity contribution in [2.75, 3.05) is 6.61 Å². The molecule has 1 aliphatic carbocycles. The second kappa shape index (κ2) is 6.80. The molecule has 0 radical (unpaired) electrons. The van der Waals surface area contributed by atoms with E-state index in [4.69, 9.17) is 9.47 Å². The maximum atomic E-state index is 5.90. The summed E-state index contributed by atoms with van der Waals surface area (Å²) in [4.78, 5) is 0. The number of benzene rings is 1. The lowest BCUT2D eigenvalue weighted by Gasteiger charge is -2.16. The molecule has 3 heteroatoms. The van der Waals surface area contributed by atoms with Gasteiger partial charge >= 0.3 is 0 Å². The van der Waals surface area contributed by atoms with Gasteiger partial charge in [0.1, 0.15) is 11.5 Å². The molecule has 0 saturated heterocycles. The molecule has 0 spiro atoms. The first-order chi connectivity index (χ1) is 9.19. The van der Waals surface area contributed by atoms with Crippen LogP contribution in [0, 0.1) is 0 Å². The Labute approximate surface area is 116 Å². The minimum Gasteiger partial charge on any atom is -0.493 e. The SMILES string of the molecule is CCCOc1ccc(CNC2CC2)c(OC(C)C)c1. The van der Waals surface area contributed by atoms with E-state index in [-0.39, 0.29) is 6.10 Å². The monoisotopic (exact) mass is 263 g/mol. The van der Waals surface area contributed by atoms with E-state index in [1.54, 1.807) is 0 Å². The highest BCUT2D eigenvalue weighted by atomic mass is 16.5. The average Bonchev–Trinajstić information content (AvgIpc) is 3.18. The normalized spacial score (nSPS) is 14.7. The summed E-state index contributed by atoms with van der Waals surface area (Å²) in [6.07, 6.45) is 3.81. The van der Waals surface area contributed by atoms with E-state index in [9.17, 15) is 0 Å². The van der Waals surface area contributed by atoms with Crippen molar-refractivity contribution in [1.29, 1.82) is 0 Å². The fourth-order valence-corrected chi connectivity index (χ4v) is 1.90. The maximum Gasteiger partial charge on any atom is 0.127 e. The molecule has 0 aliphatic heterocycles. The summed E-state index contributed by atoms with van der Waals surface area (Å²) in [5.74, 6) is 1.84. The maximum absolute atomic E-state index is 5.90. The first kappa shape index (κ1) is 14.2. The number of nitrogens with one attached hydrogen (secondary N) is 1. The average molecular weight is 263 g/mol. The van der Waals surface area contributed by atoms with Crippen LogP contribution in [0.25, 0.3) is 0 Å². The second-order valence-corrected chi connectivity index (χ2v) is 5.44. The van der Waals surface area contributed by atoms with Crippen molar-refractivity contribution in [3.63, 3.8) is 0 Å². The van der Waals surface area contributed by atoms with E-state index < -0.39 is 0 Å². The minimum atomic E-state index is 0.182. The largest absolute Gasteiger partial charge is 0.493 e. The minimum absolute atomic E-state index is 0.182. The third kappa shape index (κ3) is 4.75. The van der Waals surface area contributed by atoms with Crippen LogP contribution in [0.15, 0.2) is 18.2 Å². The summed E-state index contributed by atoms with van der Waals surface area (Å²) in [6, 6.07) is 6.87. The van der Waals surface area contributed by atoms with Crippen LogP contribution in [-0.2, 0) is 6.54 Å². The van der Waals surface area contributed by atoms with Gasteiger partial charge in [0.05, 0.1) is 12.7 Å². The lowest BCUT2D eigenvalue weighted by molar-refractivity contribution is 0.237. The fraction of sp³-hybridized carbons (Fsp3) is 0.625. The van der Waals surface area contributed by atoms with Gasteiger partial charge in [-0.05, 0) is 39.2 Å². The lowest BCUT2D eigenvalue weighted by Crippen LogP contribution is -2.17. The second-order valence-electron chi connectivity index (χ2n) is 5.44. The molecule has 0 amide bonds. The van der Waals surface area contributed by atoms with Crippen molar-refractivity contribution in [2.24, 2.45) is 0 Å². The standard InChI is InChI=1S/C16H25NO2/c1-4-9-18-15-8-5-13(11-17-14-6-7-14)16(10-15)19-12(2)3/h5,8,10,12,14,17H,4,6-7,9,11H2,1-3H3. The summed E-state index contributed by atoms with van der Waals surface area (Å²) in [5, 5.41) is 3.53. The smallest absolute Gasteiger partial charge is 0.127 e. The van der Waals surface area contributed by atoms with Crippen LogP contribution in [0.5, 0.6) is 11.5 Å². The molecule has 1 saturated carbocycles. The van der Waals surface area contributed by atoms with Crippen molar-refractivity contribution in [1.82, 2.24) is 5.32 Å². The fourth-order valence-electron chi connectivity index (χ4n) is 1.90. The molecular weight excluding hydrogens is 238 g/mol. The van der Waals surface area contributed by atoms with E-state index in [1.807, 2.05) is 12.1 Å². The molecule has 1 aromatic rings. The Balaban J connectivity index is 2.05. The molecule has 0 heterocycles. The molecule has 106 valence electrons. The van der Waals surface area contributed by atoms with E-state index in [0.717, 1.165) is 31.1 Å². The van der Waals surface area contributed by atoms with Crippen LogP contribution in [0.1, 0.15) is 45.6 Å². The highest BCUT2D eigenvalue weighted by Gasteiger charge is 2.20. The van der Waals surface area contributed by atoms with Crippen LogP contribution < -0.4 is 14.8 Å². The topological polar surface area (TPSA) is 30.5 Å². The van der Waals surface area contributed by atoms with E-state index in [2.05, 4.69) is 32.2 Å². The van der Waals surface area contributed by atoms with Gasteiger partial charge in [-0.15, -0.1) is 0 Å². The van der Waals surface area contributed by atoms with Gasteiger partial charge in [0.25, 0.3) is 0 Å². The zero-order valence-electron chi connectivity index (χ0n) is 12.2. The Bertz CT molecular complexity index is 400. The van der Waals surface area contributed by atoms with Gasteiger partial charge in [-0.1, -0.05) is 13.0 Å².